The number of carbonyl (C=O) groups is 1. The van der Waals surface area contributed by atoms with E-state index in [0.717, 1.165) is 32.5 Å². The molecule has 4 heteroatoms. The van der Waals surface area contributed by atoms with Gasteiger partial charge in [0.05, 0.1) is 18.6 Å². The number of carbonyl (C=O) groups excluding carboxylic acids is 1. The highest BCUT2D eigenvalue weighted by Gasteiger charge is 2.45. The monoisotopic (exact) mass is 364 g/mol. The van der Waals surface area contributed by atoms with E-state index in [0.29, 0.717) is 26.3 Å². The van der Waals surface area contributed by atoms with Crippen LogP contribution in [0, 0.1) is 0 Å². The second-order valence-electron chi connectivity index (χ2n) is 7.61. The van der Waals surface area contributed by atoms with Crippen molar-refractivity contribution in [3.63, 3.8) is 0 Å². The second-order valence-corrected chi connectivity index (χ2v) is 7.61. The Balaban J connectivity index is 1.53. The normalized spacial score (nSPS) is 20.4. The van der Waals surface area contributed by atoms with Crippen LogP contribution >= 0.6 is 0 Å². The molecule has 4 rings (SSSR count). The standard InChI is InChI=1S/C23H28N2O2/c26-22(25-15-17-27-18-16-25)23(21-9-5-2-6-10-21)11-13-24(14-12-23)19-20-7-3-1-4-8-20/h1-10H,11-19H2. The summed E-state index contributed by atoms with van der Waals surface area (Å²) in [6.07, 6.45) is 1.75. The van der Waals surface area contributed by atoms with Gasteiger partial charge in [-0.05, 0) is 37.1 Å². The summed E-state index contributed by atoms with van der Waals surface area (Å²) in [5, 5.41) is 0. The zero-order valence-electron chi connectivity index (χ0n) is 15.8. The molecular weight excluding hydrogens is 336 g/mol. The first-order valence-electron chi connectivity index (χ1n) is 9.97. The van der Waals surface area contributed by atoms with Crippen LogP contribution in [0.5, 0.6) is 0 Å². The quantitative estimate of drug-likeness (QED) is 0.836. The third kappa shape index (κ3) is 3.92. The van der Waals surface area contributed by atoms with Crippen LogP contribution in [0.1, 0.15) is 24.0 Å². The van der Waals surface area contributed by atoms with Crippen molar-refractivity contribution in [3.8, 4) is 0 Å². The number of piperidine rings is 1. The molecule has 1 amide bonds. The summed E-state index contributed by atoms with van der Waals surface area (Å²) in [6.45, 7) is 5.56. The summed E-state index contributed by atoms with van der Waals surface area (Å²) in [7, 11) is 0. The number of hydrogen-bond acceptors (Lipinski definition) is 3. The Labute approximate surface area is 161 Å². The lowest BCUT2D eigenvalue weighted by Crippen LogP contribution is -2.55. The molecule has 0 aliphatic carbocycles. The lowest BCUT2D eigenvalue weighted by Gasteiger charge is -2.44. The minimum atomic E-state index is -0.397. The number of nitrogens with zero attached hydrogens (tertiary/aromatic N) is 2. The molecule has 4 nitrogen and oxygen atoms in total. The van der Waals surface area contributed by atoms with E-state index < -0.39 is 5.41 Å². The molecule has 2 fully saturated rings. The Hall–Kier alpha value is -2.17. The van der Waals surface area contributed by atoms with Crippen molar-refractivity contribution in [1.82, 2.24) is 9.80 Å². The van der Waals surface area contributed by atoms with Gasteiger partial charge in [0, 0.05) is 19.6 Å². The Bertz CT molecular complexity index is 733. The highest BCUT2D eigenvalue weighted by Crippen LogP contribution is 2.38. The Morgan fingerprint density at radius 1 is 0.852 bits per heavy atom. The summed E-state index contributed by atoms with van der Waals surface area (Å²) < 4.78 is 5.46. The Morgan fingerprint density at radius 3 is 2.07 bits per heavy atom. The zero-order chi connectivity index (χ0) is 18.5. The first kappa shape index (κ1) is 18.2. The topological polar surface area (TPSA) is 32.8 Å². The van der Waals surface area contributed by atoms with Crippen molar-refractivity contribution < 1.29 is 9.53 Å². The largest absolute Gasteiger partial charge is 0.378 e. The molecule has 2 heterocycles. The van der Waals surface area contributed by atoms with E-state index in [1.165, 1.54) is 11.1 Å². The Morgan fingerprint density at radius 2 is 1.44 bits per heavy atom. The van der Waals surface area contributed by atoms with E-state index >= 15 is 0 Å². The maximum absolute atomic E-state index is 13.6. The summed E-state index contributed by atoms with van der Waals surface area (Å²) in [6, 6.07) is 21.0. The minimum absolute atomic E-state index is 0.288. The van der Waals surface area contributed by atoms with Crippen LogP contribution in [0.2, 0.25) is 0 Å². The van der Waals surface area contributed by atoms with Gasteiger partial charge in [-0.3, -0.25) is 9.69 Å². The number of likely N-dealkylation sites (tertiary alicyclic amines) is 1. The fourth-order valence-corrected chi connectivity index (χ4v) is 4.39. The molecule has 2 aromatic rings. The van der Waals surface area contributed by atoms with Crippen molar-refractivity contribution in [1.29, 1.82) is 0 Å². The summed E-state index contributed by atoms with van der Waals surface area (Å²) in [4.78, 5) is 18.1. The van der Waals surface area contributed by atoms with Gasteiger partial charge in [0.2, 0.25) is 5.91 Å². The van der Waals surface area contributed by atoms with Crippen molar-refractivity contribution >= 4 is 5.91 Å². The fraction of sp³-hybridized carbons (Fsp3) is 0.435. The molecule has 0 aromatic heterocycles. The predicted molar refractivity (Wildman–Crippen MR) is 106 cm³/mol. The maximum Gasteiger partial charge on any atom is 0.233 e. The van der Waals surface area contributed by atoms with Crippen LogP contribution in [0.15, 0.2) is 60.7 Å². The van der Waals surface area contributed by atoms with Gasteiger partial charge in [-0.25, -0.2) is 0 Å². The van der Waals surface area contributed by atoms with Crippen molar-refractivity contribution in [2.45, 2.75) is 24.8 Å². The van der Waals surface area contributed by atoms with Crippen LogP contribution in [0.3, 0.4) is 0 Å². The SMILES string of the molecule is O=C(N1CCOCC1)C1(c2ccccc2)CCN(Cc2ccccc2)CC1. The minimum Gasteiger partial charge on any atom is -0.378 e. The van der Waals surface area contributed by atoms with Gasteiger partial charge in [0.15, 0.2) is 0 Å². The molecule has 0 atom stereocenters. The molecule has 27 heavy (non-hydrogen) atoms. The third-order valence-electron chi connectivity index (χ3n) is 5.99. The summed E-state index contributed by atoms with van der Waals surface area (Å²) in [5.74, 6) is 0.288. The molecule has 0 radical (unpaired) electrons. The van der Waals surface area contributed by atoms with Crippen LogP contribution in [0.25, 0.3) is 0 Å². The van der Waals surface area contributed by atoms with E-state index in [1.54, 1.807) is 0 Å². The summed E-state index contributed by atoms with van der Waals surface area (Å²) >= 11 is 0. The predicted octanol–water partition coefficient (Wildman–Crippen LogP) is 3.08. The maximum atomic E-state index is 13.6. The molecule has 0 bridgehead atoms. The van der Waals surface area contributed by atoms with E-state index in [1.807, 2.05) is 11.0 Å². The number of morpholine rings is 1. The van der Waals surface area contributed by atoms with Crippen LogP contribution in [0.4, 0.5) is 0 Å². The highest BCUT2D eigenvalue weighted by molar-refractivity contribution is 5.88. The summed E-state index contributed by atoms with van der Waals surface area (Å²) in [5.41, 5.74) is 2.11. The van der Waals surface area contributed by atoms with Crippen molar-refractivity contribution in [2.75, 3.05) is 39.4 Å². The van der Waals surface area contributed by atoms with Gasteiger partial charge in [-0.1, -0.05) is 60.7 Å². The molecule has 0 N–H and O–H groups in total. The number of rotatable bonds is 4. The molecule has 0 spiro atoms. The molecule has 0 unspecified atom stereocenters. The van der Waals surface area contributed by atoms with Crippen LogP contribution in [-0.4, -0.2) is 55.1 Å². The van der Waals surface area contributed by atoms with Gasteiger partial charge in [-0.15, -0.1) is 0 Å². The van der Waals surface area contributed by atoms with Crippen molar-refractivity contribution in [2.24, 2.45) is 0 Å². The molecular formula is C23H28N2O2. The average Bonchev–Trinajstić information content (AvgIpc) is 2.76. The average molecular weight is 364 g/mol. The van der Waals surface area contributed by atoms with Gasteiger partial charge >= 0.3 is 0 Å². The van der Waals surface area contributed by atoms with Gasteiger partial charge in [-0.2, -0.15) is 0 Å². The lowest BCUT2D eigenvalue weighted by molar-refractivity contribution is -0.143. The van der Waals surface area contributed by atoms with E-state index in [2.05, 4.69) is 59.5 Å². The molecule has 2 aliphatic heterocycles. The molecule has 142 valence electrons. The van der Waals surface area contributed by atoms with E-state index in [-0.39, 0.29) is 5.91 Å². The zero-order valence-corrected chi connectivity index (χ0v) is 15.8. The third-order valence-corrected chi connectivity index (χ3v) is 5.99. The number of benzene rings is 2. The first-order chi connectivity index (χ1) is 13.3. The van der Waals surface area contributed by atoms with E-state index in [9.17, 15) is 4.79 Å². The van der Waals surface area contributed by atoms with Crippen molar-refractivity contribution in [3.05, 3.63) is 71.8 Å². The number of amides is 1. The molecule has 2 aromatic carbocycles. The van der Waals surface area contributed by atoms with Gasteiger partial charge < -0.3 is 9.64 Å². The second kappa shape index (κ2) is 8.24. The first-order valence-corrected chi connectivity index (χ1v) is 9.97. The van der Waals surface area contributed by atoms with Crippen LogP contribution in [-0.2, 0) is 21.5 Å². The molecule has 2 saturated heterocycles. The Kier molecular flexibility index (Phi) is 5.55. The van der Waals surface area contributed by atoms with Gasteiger partial charge in [0.1, 0.15) is 0 Å². The fourth-order valence-electron chi connectivity index (χ4n) is 4.39. The number of hydrogen-bond donors (Lipinski definition) is 0. The van der Waals surface area contributed by atoms with Gasteiger partial charge in [0.25, 0.3) is 0 Å². The smallest absolute Gasteiger partial charge is 0.233 e. The number of ether oxygens (including phenoxy) is 1. The lowest BCUT2D eigenvalue weighted by atomic mass is 9.71. The van der Waals surface area contributed by atoms with Crippen LogP contribution < -0.4 is 0 Å². The highest BCUT2D eigenvalue weighted by atomic mass is 16.5. The molecule has 2 aliphatic rings. The van der Waals surface area contributed by atoms with E-state index in [4.69, 9.17) is 4.74 Å². The molecule has 0 saturated carbocycles.